The van der Waals surface area contributed by atoms with Gasteiger partial charge >= 0.3 is 0 Å². The Labute approximate surface area is 222 Å². The molecule has 8 nitrogen and oxygen atoms in total. The number of anilines is 4. The summed E-state index contributed by atoms with van der Waals surface area (Å²) in [5.74, 6) is 6.78. The molecule has 38 heavy (non-hydrogen) atoms. The number of nitrogens with zero attached hydrogens (tertiary/aromatic N) is 2. The molecule has 5 rings (SSSR count). The number of rotatable bonds is 4. The van der Waals surface area contributed by atoms with E-state index in [2.05, 4.69) is 32.4 Å². The molecule has 1 unspecified atom stereocenters. The first-order chi connectivity index (χ1) is 18.0. The van der Waals surface area contributed by atoms with Crippen LogP contribution in [0.1, 0.15) is 44.5 Å². The van der Waals surface area contributed by atoms with E-state index in [1.165, 1.54) is 0 Å². The van der Waals surface area contributed by atoms with Gasteiger partial charge in [-0.25, -0.2) is 19.0 Å². The highest BCUT2D eigenvalue weighted by Gasteiger charge is 2.38. The van der Waals surface area contributed by atoms with Crippen LogP contribution >= 0.6 is 0 Å². The molecule has 2 aromatic heterocycles. The smallest absolute Gasteiger partial charge is 0.234 e. The highest BCUT2D eigenvalue weighted by atomic mass is 32.2. The molecule has 0 radical (unpaired) electrons. The van der Waals surface area contributed by atoms with Crippen molar-refractivity contribution in [3.05, 3.63) is 77.7 Å². The van der Waals surface area contributed by atoms with E-state index in [9.17, 15) is 9.00 Å². The van der Waals surface area contributed by atoms with Crippen LogP contribution in [0, 0.1) is 16.6 Å². The quantitative estimate of drug-likeness (QED) is 0.209. The lowest BCUT2D eigenvalue weighted by atomic mass is 9.85. The maximum atomic E-state index is 12.6. The van der Waals surface area contributed by atoms with Crippen molar-refractivity contribution in [3.63, 3.8) is 0 Å². The van der Waals surface area contributed by atoms with Crippen molar-refractivity contribution in [2.45, 2.75) is 43.3 Å². The van der Waals surface area contributed by atoms with E-state index in [0.29, 0.717) is 27.7 Å². The van der Waals surface area contributed by atoms with Crippen molar-refractivity contribution in [2.75, 3.05) is 16.4 Å². The van der Waals surface area contributed by atoms with Gasteiger partial charge in [-0.05, 0) is 87.7 Å². The Morgan fingerprint density at radius 3 is 2.53 bits per heavy atom. The Bertz CT molecular complexity index is 1770. The first-order valence-corrected chi connectivity index (χ1v) is 13.8. The molecule has 9 heteroatoms. The molecule has 0 saturated carbocycles. The van der Waals surface area contributed by atoms with Gasteiger partial charge in [-0.1, -0.05) is 5.92 Å². The molecule has 0 saturated heterocycles. The van der Waals surface area contributed by atoms with Crippen molar-refractivity contribution in [3.8, 4) is 11.8 Å². The van der Waals surface area contributed by atoms with E-state index in [0.717, 1.165) is 27.7 Å². The van der Waals surface area contributed by atoms with Gasteiger partial charge in [0.25, 0.3) is 0 Å². The summed E-state index contributed by atoms with van der Waals surface area (Å²) in [7, 11) is -2.84. The molecule has 3 heterocycles. The van der Waals surface area contributed by atoms with Crippen LogP contribution in [0.25, 0.3) is 10.8 Å². The highest BCUT2D eigenvalue weighted by Crippen LogP contribution is 2.39. The fourth-order valence-electron chi connectivity index (χ4n) is 4.27. The van der Waals surface area contributed by atoms with Crippen molar-refractivity contribution in [1.29, 1.82) is 4.78 Å². The molecule has 4 aromatic rings. The minimum Gasteiger partial charge on any atom is -0.398 e. The molecule has 5 N–H and O–H groups in total. The van der Waals surface area contributed by atoms with Gasteiger partial charge in [-0.3, -0.25) is 4.79 Å². The molecule has 0 fully saturated rings. The third-order valence-electron chi connectivity index (χ3n) is 6.78. The van der Waals surface area contributed by atoms with Crippen LogP contribution in [0.15, 0.2) is 65.8 Å². The Balaban J connectivity index is 1.45. The number of aromatic nitrogens is 2. The standard InChI is InChI=1S/C29H28N6O2S/c1-17(2)38(31,37)21-8-6-20(7-9-21)34-27-14-22-19(16-33-27)11-12-32-25(22)10-5-18-13-26-23(15-24(18)30)29(3,4)28(36)35-26/h6-9,11-17,31H,30H2,1-4H3,(H,33,34)(H,35,36). The summed E-state index contributed by atoms with van der Waals surface area (Å²) in [6.45, 7) is 7.30. The Hall–Kier alpha value is -4.42. The monoisotopic (exact) mass is 524 g/mol. The van der Waals surface area contributed by atoms with E-state index in [4.69, 9.17) is 10.5 Å². The summed E-state index contributed by atoms with van der Waals surface area (Å²) in [5.41, 5.74) is 9.67. The molecule has 1 atom stereocenters. The number of pyridine rings is 2. The molecular formula is C29H28N6O2S. The fraction of sp³-hybridized carbons (Fsp3) is 0.207. The Morgan fingerprint density at radius 1 is 1.08 bits per heavy atom. The fourth-order valence-corrected chi connectivity index (χ4v) is 5.35. The van der Waals surface area contributed by atoms with Crippen molar-refractivity contribution in [2.24, 2.45) is 0 Å². The summed E-state index contributed by atoms with van der Waals surface area (Å²) in [4.78, 5) is 21.8. The van der Waals surface area contributed by atoms with Gasteiger partial charge in [-0.15, -0.1) is 0 Å². The topological polar surface area (TPSA) is 134 Å². The lowest BCUT2D eigenvalue weighted by Gasteiger charge is -2.15. The summed E-state index contributed by atoms with van der Waals surface area (Å²) in [6, 6.07) is 14.4. The molecule has 1 aliphatic heterocycles. The molecule has 1 aliphatic rings. The number of carbonyl (C=O) groups is 1. The van der Waals surface area contributed by atoms with Crippen molar-refractivity contribution < 1.29 is 9.00 Å². The SMILES string of the molecule is CC(C)S(=N)(=O)c1ccc(Nc2cc3c(C#Cc4cc5c(cc4N)C(C)(C)C(=O)N5)nccc3cn2)cc1. The highest BCUT2D eigenvalue weighted by molar-refractivity contribution is 7.93. The maximum absolute atomic E-state index is 12.6. The minimum absolute atomic E-state index is 0.0666. The van der Waals surface area contributed by atoms with Gasteiger partial charge < -0.3 is 16.4 Å². The molecule has 2 aromatic carbocycles. The zero-order valence-corrected chi connectivity index (χ0v) is 22.4. The van der Waals surface area contributed by atoms with Crippen LogP contribution in [0.3, 0.4) is 0 Å². The average Bonchev–Trinajstić information content (AvgIpc) is 3.10. The second-order valence-electron chi connectivity index (χ2n) is 10.1. The number of amides is 1. The number of nitrogens with one attached hydrogen (secondary N) is 3. The van der Waals surface area contributed by atoms with E-state index in [-0.39, 0.29) is 11.2 Å². The maximum Gasteiger partial charge on any atom is 0.234 e. The first kappa shape index (κ1) is 25.2. The van der Waals surface area contributed by atoms with E-state index in [1.807, 2.05) is 38.1 Å². The molecule has 1 amide bonds. The third-order valence-corrected chi connectivity index (χ3v) is 9.08. The second-order valence-corrected chi connectivity index (χ2v) is 12.7. The van der Waals surface area contributed by atoms with Gasteiger partial charge in [0.2, 0.25) is 5.91 Å². The van der Waals surface area contributed by atoms with Crippen molar-refractivity contribution in [1.82, 2.24) is 9.97 Å². The van der Waals surface area contributed by atoms with Gasteiger partial charge in [0.1, 0.15) is 11.5 Å². The van der Waals surface area contributed by atoms with E-state index >= 15 is 0 Å². The van der Waals surface area contributed by atoms with Crippen LogP contribution in [-0.2, 0) is 19.9 Å². The predicted octanol–water partition coefficient (Wildman–Crippen LogP) is 5.40. The average molecular weight is 525 g/mol. The van der Waals surface area contributed by atoms with E-state index < -0.39 is 15.1 Å². The molecule has 192 valence electrons. The molecule has 0 aliphatic carbocycles. The second kappa shape index (κ2) is 9.15. The van der Waals surface area contributed by atoms with Crippen LogP contribution in [0.5, 0.6) is 0 Å². The zero-order chi connectivity index (χ0) is 27.2. The number of fused-ring (bicyclic) bond motifs is 2. The minimum atomic E-state index is -2.84. The number of benzene rings is 2. The number of hydrogen-bond donors (Lipinski definition) is 4. The summed E-state index contributed by atoms with van der Waals surface area (Å²) >= 11 is 0. The Kier molecular flexibility index (Phi) is 6.08. The van der Waals surface area contributed by atoms with E-state index in [1.54, 1.807) is 50.5 Å². The normalized spacial score (nSPS) is 15.3. The third kappa shape index (κ3) is 4.44. The zero-order valence-electron chi connectivity index (χ0n) is 21.5. The largest absolute Gasteiger partial charge is 0.398 e. The van der Waals surface area contributed by atoms with Gasteiger partial charge in [0.05, 0.1) is 15.1 Å². The first-order valence-electron chi connectivity index (χ1n) is 12.1. The molecule has 0 spiro atoms. The van der Waals surface area contributed by atoms with Gasteiger partial charge in [0.15, 0.2) is 0 Å². The molecular weight excluding hydrogens is 496 g/mol. The summed E-state index contributed by atoms with van der Waals surface area (Å²) < 4.78 is 20.8. The van der Waals surface area contributed by atoms with Crippen LogP contribution < -0.4 is 16.4 Å². The van der Waals surface area contributed by atoms with Crippen LogP contribution in [0.4, 0.5) is 22.9 Å². The van der Waals surface area contributed by atoms with Gasteiger partial charge in [0, 0.05) is 55.9 Å². The summed E-state index contributed by atoms with van der Waals surface area (Å²) in [5, 5.41) is 7.59. The number of carbonyl (C=O) groups excluding carboxylic acids is 1. The molecule has 0 bridgehead atoms. The predicted molar refractivity (Wildman–Crippen MR) is 152 cm³/mol. The van der Waals surface area contributed by atoms with Crippen molar-refractivity contribution >= 4 is 49.3 Å². The summed E-state index contributed by atoms with van der Waals surface area (Å²) in [6.07, 6.45) is 3.43. The lowest BCUT2D eigenvalue weighted by Crippen LogP contribution is -2.26. The number of hydrogen-bond acceptors (Lipinski definition) is 7. The lowest BCUT2D eigenvalue weighted by molar-refractivity contribution is -0.119. The van der Waals surface area contributed by atoms with Gasteiger partial charge in [-0.2, -0.15) is 0 Å². The van der Waals surface area contributed by atoms with Crippen LogP contribution in [-0.4, -0.2) is 25.3 Å². The number of nitrogen functional groups attached to an aromatic ring is 1. The number of nitrogens with two attached hydrogens (primary N) is 1. The Morgan fingerprint density at radius 2 is 1.82 bits per heavy atom. The van der Waals surface area contributed by atoms with Crippen LogP contribution in [0.2, 0.25) is 0 Å².